The number of nitrogens with one attached hydrogen (secondary N) is 1. The maximum atomic E-state index is 11.9. The van der Waals surface area contributed by atoms with Gasteiger partial charge in [0, 0.05) is 19.1 Å². The fourth-order valence-corrected chi connectivity index (χ4v) is 1.62. The lowest BCUT2D eigenvalue weighted by atomic mass is 10.0. The lowest BCUT2D eigenvalue weighted by Crippen LogP contribution is -2.45. The van der Waals surface area contributed by atoms with Gasteiger partial charge in [-0.1, -0.05) is 27.2 Å². The molecule has 18 heavy (non-hydrogen) atoms. The molecule has 1 amide bonds. The van der Waals surface area contributed by atoms with Crippen molar-refractivity contribution in [3.8, 4) is 0 Å². The molecule has 4 nitrogen and oxygen atoms in total. The van der Waals surface area contributed by atoms with E-state index in [4.69, 9.17) is 5.73 Å². The highest BCUT2D eigenvalue weighted by Crippen LogP contribution is 2.05. The first-order valence-corrected chi connectivity index (χ1v) is 7.13. The van der Waals surface area contributed by atoms with Gasteiger partial charge in [0.2, 0.25) is 5.91 Å². The molecule has 0 aliphatic rings. The maximum Gasteiger partial charge on any atom is 0.237 e. The summed E-state index contributed by atoms with van der Waals surface area (Å²) in [4.78, 5) is 13.9. The van der Waals surface area contributed by atoms with Crippen molar-refractivity contribution in [2.45, 2.75) is 59.0 Å². The van der Waals surface area contributed by atoms with Gasteiger partial charge in [0.15, 0.2) is 0 Å². The Morgan fingerprint density at radius 1 is 1.33 bits per heavy atom. The Bertz CT molecular complexity index is 231. The summed E-state index contributed by atoms with van der Waals surface area (Å²) in [5, 5.41) is 2.96. The number of likely N-dealkylation sites (N-methyl/N-ethyl adjacent to an activating group) is 1. The number of unbranched alkanes of at least 4 members (excludes halogenated alkanes) is 1. The normalized spacial score (nSPS) is 14.9. The van der Waals surface area contributed by atoms with Crippen molar-refractivity contribution < 1.29 is 4.79 Å². The van der Waals surface area contributed by atoms with Crippen LogP contribution in [-0.4, -0.2) is 43.0 Å². The van der Waals surface area contributed by atoms with E-state index in [1.165, 1.54) is 0 Å². The number of hydrogen-bond acceptors (Lipinski definition) is 3. The first-order chi connectivity index (χ1) is 8.40. The van der Waals surface area contributed by atoms with Gasteiger partial charge in [0.25, 0.3) is 0 Å². The number of rotatable bonds is 9. The number of amides is 1. The van der Waals surface area contributed by atoms with Crippen molar-refractivity contribution in [1.82, 2.24) is 10.2 Å². The van der Waals surface area contributed by atoms with Crippen LogP contribution in [0.2, 0.25) is 0 Å². The Hall–Kier alpha value is -0.610. The zero-order chi connectivity index (χ0) is 14.1. The van der Waals surface area contributed by atoms with Gasteiger partial charge in [-0.15, -0.1) is 0 Å². The molecule has 0 aromatic rings. The van der Waals surface area contributed by atoms with Gasteiger partial charge in [-0.2, -0.15) is 0 Å². The van der Waals surface area contributed by atoms with E-state index in [0.717, 1.165) is 32.4 Å². The van der Waals surface area contributed by atoms with E-state index in [2.05, 4.69) is 31.0 Å². The number of nitrogens with zero attached hydrogens (tertiary/aromatic N) is 1. The molecule has 0 saturated heterocycles. The number of nitrogens with two attached hydrogens (primary N) is 1. The second-order valence-corrected chi connectivity index (χ2v) is 5.50. The Balaban J connectivity index is 3.93. The Morgan fingerprint density at radius 2 is 1.94 bits per heavy atom. The number of carbonyl (C=O) groups excluding carboxylic acids is 1. The van der Waals surface area contributed by atoms with Crippen molar-refractivity contribution in [2.75, 3.05) is 20.1 Å². The van der Waals surface area contributed by atoms with E-state index in [-0.39, 0.29) is 18.0 Å². The molecule has 0 aromatic carbocycles. The van der Waals surface area contributed by atoms with Crippen molar-refractivity contribution in [1.29, 1.82) is 0 Å². The predicted octanol–water partition coefficient (Wildman–Crippen LogP) is 1.60. The zero-order valence-corrected chi connectivity index (χ0v) is 12.7. The van der Waals surface area contributed by atoms with Crippen molar-refractivity contribution in [3.63, 3.8) is 0 Å². The summed E-state index contributed by atoms with van der Waals surface area (Å²) in [5.41, 5.74) is 6.01. The van der Waals surface area contributed by atoms with Gasteiger partial charge < -0.3 is 11.1 Å². The van der Waals surface area contributed by atoms with Crippen molar-refractivity contribution in [3.05, 3.63) is 0 Å². The summed E-state index contributed by atoms with van der Waals surface area (Å²) in [5.74, 6) is 0.608. The topological polar surface area (TPSA) is 58.4 Å². The first-order valence-electron chi connectivity index (χ1n) is 7.13. The highest BCUT2D eigenvalue weighted by Gasteiger charge is 2.18. The van der Waals surface area contributed by atoms with Crippen molar-refractivity contribution in [2.24, 2.45) is 11.7 Å². The second-order valence-electron chi connectivity index (χ2n) is 5.50. The monoisotopic (exact) mass is 257 g/mol. The third-order valence-corrected chi connectivity index (χ3v) is 3.54. The average molecular weight is 257 g/mol. The molecule has 0 bridgehead atoms. The van der Waals surface area contributed by atoms with E-state index in [1.54, 1.807) is 0 Å². The van der Waals surface area contributed by atoms with Gasteiger partial charge in [-0.25, -0.2) is 0 Å². The summed E-state index contributed by atoms with van der Waals surface area (Å²) < 4.78 is 0. The van der Waals surface area contributed by atoms with Crippen LogP contribution in [0.3, 0.4) is 0 Å². The third kappa shape index (κ3) is 6.97. The summed E-state index contributed by atoms with van der Waals surface area (Å²) in [7, 11) is 1.98. The van der Waals surface area contributed by atoms with E-state index in [9.17, 15) is 4.79 Å². The van der Waals surface area contributed by atoms with Crippen LogP contribution in [0.1, 0.15) is 47.0 Å². The summed E-state index contributed by atoms with van der Waals surface area (Å²) in [6.45, 7) is 9.97. The van der Waals surface area contributed by atoms with Crippen LogP contribution in [0.15, 0.2) is 0 Å². The number of hydrogen-bond donors (Lipinski definition) is 2. The van der Waals surface area contributed by atoms with Gasteiger partial charge in [0.1, 0.15) is 0 Å². The summed E-state index contributed by atoms with van der Waals surface area (Å²) in [6, 6.07) is 0.129. The van der Waals surface area contributed by atoms with Crippen LogP contribution in [0.25, 0.3) is 0 Å². The summed E-state index contributed by atoms with van der Waals surface area (Å²) >= 11 is 0. The third-order valence-electron chi connectivity index (χ3n) is 3.54. The molecular formula is C14H31N3O. The number of carbonyl (C=O) groups is 1. The molecule has 108 valence electrons. The SMILES string of the molecule is CCCCNC(=O)C(C)N(C)CCC(N)C(C)C. The molecule has 0 fully saturated rings. The van der Waals surface area contributed by atoms with Crippen LogP contribution in [0.5, 0.6) is 0 Å². The van der Waals surface area contributed by atoms with Crippen LogP contribution < -0.4 is 11.1 Å². The standard InChI is InChI=1S/C14H31N3O/c1-6-7-9-16-14(18)12(4)17(5)10-8-13(15)11(2)3/h11-13H,6-10,15H2,1-5H3,(H,16,18). The van der Waals surface area contributed by atoms with E-state index < -0.39 is 0 Å². The van der Waals surface area contributed by atoms with Crippen LogP contribution >= 0.6 is 0 Å². The second kappa shape index (κ2) is 9.34. The Kier molecular flexibility index (Phi) is 9.02. The van der Waals surface area contributed by atoms with E-state index >= 15 is 0 Å². The molecule has 0 spiro atoms. The lowest BCUT2D eigenvalue weighted by Gasteiger charge is -2.26. The largest absolute Gasteiger partial charge is 0.355 e. The molecule has 0 aliphatic heterocycles. The highest BCUT2D eigenvalue weighted by molar-refractivity contribution is 5.81. The minimum absolute atomic E-state index is 0.0822. The smallest absolute Gasteiger partial charge is 0.237 e. The van der Waals surface area contributed by atoms with Crippen LogP contribution in [0.4, 0.5) is 0 Å². The molecular weight excluding hydrogens is 226 g/mol. The Morgan fingerprint density at radius 3 is 2.44 bits per heavy atom. The fourth-order valence-electron chi connectivity index (χ4n) is 1.62. The van der Waals surface area contributed by atoms with E-state index in [0.29, 0.717) is 5.92 Å². The van der Waals surface area contributed by atoms with Gasteiger partial charge >= 0.3 is 0 Å². The quantitative estimate of drug-likeness (QED) is 0.617. The van der Waals surface area contributed by atoms with Gasteiger partial charge in [0.05, 0.1) is 6.04 Å². The molecule has 0 radical (unpaired) electrons. The summed E-state index contributed by atoms with van der Waals surface area (Å²) in [6.07, 6.45) is 3.08. The van der Waals surface area contributed by atoms with Crippen LogP contribution in [-0.2, 0) is 4.79 Å². The lowest BCUT2D eigenvalue weighted by molar-refractivity contribution is -0.125. The van der Waals surface area contributed by atoms with Gasteiger partial charge in [-0.3, -0.25) is 9.69 Å². The predicted molar refractivity (Wildman–Crippen MR) is 77.4 cm³/mol. The molecule has 2 atom stereocenters. The van der Waals surface area contributed by atoms with Crippen molar-refractivity contribution >= 4 is 5.91 Å². The highest BCUT2D eigenvalue weighted by atomic mass is 16.2. The van der Waals surface area contributed by atoms with Crippen LogP contribution in [0, 0.1) is 5.92 Å². The average Bonchev–Trinajstić information content (AvgIpc) is 2.34. The molecule has 0 saturated carbocycles. The van der Waals surface area contributed by atoms with E-state index in [1.807, 2.05) is 14.0 Å². The minimum atomic E-state index is -0.0822. The molecule has 0 aliphatic carbocycles. The van der Waals surface area contributed by atoms with Gasteiger partial charge in [-0.05, 0) is 32.7 Å². The first kappa shape index (κ1) is 17.4. The maximum absolute atomic E-state index is 11.9. The molecule has 0 rings (SSSR count). The molecule has 0 aromatic heterocycles. The molecule has 4 heteroatoms. The fraction of sp³-hybridized carbons (Fsp3) is 0.929. The Labute approximate surface area is 112 Å². The zero-order valence-electron chi connectivity index (χ0n) is 12.7. The minimum Gasteiger partial charge on any atom is -0.355 e. The molecule has 2 unspecified atom stereocenters. The molecule has 3 N–H and O–H groups in total. The molecule has 0 heterocycles.